The fraction of sp³-hybridized carbons (Fsp3) is 0.400. The Morgan fingerprint density at radius 3 is 2.42 bits per heavy atom. The molecule has 0 unspecified atom stereocenters. The van der Waals surface area contributed by atoms with Crippen LogP contribution in [0.25, 0.3) is 0 Å². The molecule has 0 atom stereocenters. The molecular weight excluding hydrogens is 236 g/mol. The highest BCUT2D eigenvalue weighted by atomic mass is 15.2. The molecule has 2 rings (SSSR count). The molecule has 2 aromatic rings. The Hall–Kier alpha value is -1.65. The van der Waals surface area contributed by atoms with Crippen LogP contribution in [0.3, 0.4) is 0 Å². The van der Waals surface area contributed by atoms with Gasteiger partial charge in [0.25, 0.3) is 0 Å². The third kappa shape index (κ3) is 4.19. The van der Waals surface area contributed by atoms with Crippen molar-refractivity contribution in [2.24, 2.45) is 12.8 Å². The quantitative estimate of drug-likeness (QED) is 0.855. The van der Waals surface area contributed by atoms with Crippen molar-refractivity contribution in [3.8, 4) is 0 Å². The van der Waals surface area contributed by atoms with Crippen molar-refractivity contribution in [3.63, 3.8) is 0 Å². The number of nitrogens with zero attached hydrogens (tertiary/aromatic N) is 3. The van der Waals surface area contributed by atoms with E-state index in [9.17, 15) is 0 Å². The first kappa shape index (κ1) is 13.8. The average molecular weight is 258 g/mol. The van der Waals surface area contributed by atoms with E-state index in [1.165, 1.54) is 16.7 Å². The number of aryl methyl sites for hydroxylation is 1. The largest absolute Gasteiger partial charge is 0.326 e. The molecule has 4 heteroatoms. The number of nitrogens with two attached hydrogens (primary N) is 1. The van der Waals surface area contributed by atoms with Crippen LogP contribution in [0, 0.1) is 0 Å². The van der Waals surface area contributed by atoms with Gasteiger partial charge in [0.1, 0.15) is 0 Å². The number of rotatable bonds is 6. The molecule has 1 aromatic heterocycles. The number of likely N-dealkylation sites (N-methyl/N-ethyl adjacent to an activating group) is 1. The van der Waals surface area contributed by atoms with Gasteiger partial charge in [-0.2, -0.15) is 5.10 Å². The maximum atomic E-state index is 5.60. The summed E-state index contributed by atoms with van der Waals surface area (Å²) in [6, 6.07) is 8.51. The van der Waals surface area contributed by atoms with E-state index >= 15 is 0 Å². The van der Waals surface area contributed by atoms with Gasteiger partial charge in [-0.1, -0.05) is 24.3 Å². The van der Waals surface area contributed by atoms with Crippen molar-refractivity contribution in [1.82, 2.24) is 14.7 Å². The molecule has 0 aliphatic heterocycles. The smallest absolute Gasteiger partial charge is 0.0522 e. The van der Waals surface area contributed by atoms with Crippen molar-refractivity contribution < 1.29 is 0 Å². The molecule has 0 amide bonds. The van der Waals surface area contributed by atoms with Gasteiger partial charge in [-0.05, 0) is 30.2 Å². The Morgan fingerprint density at radius 1 is 1.16 bits per heavy atom. The van der Waals surface area contributed by atoms with E-state index in [0.29, 0.717) is 6.54 Å². The van der Waals surface area contributed by atoms with Gasteiger partial charge in [-0.3, -0.25) is 4.68 Å². The molecule has 0 aliphatic carbocycles. The lowest BCUT2D eigenvalue weighted by atomic mass is 10.1. The van der Waals surface area contributed by atoms with E-state index in [1.807, 2.05) is 17.9 Å². The standard InChI is InChI=1S/C15H22N4/c1-18(8-7-15-10-17-19(2)12-15)11-14-5-3-13(9-16)4-6-14/h3-6,10,12H,7-9,11,16H2,1-2H3. The van der Waals surface area contributed by atoms with Gasteiger partial charge in [-0.15, -0.1) is 0 Å². The third-order valence-corrected chi connectivity index (χ3v) is 3.25. The second-order valence-electron chi connectivity index (χ2n) is 5.03. The summed E-state index contributed by atoms with van der Waals surface area (Å²) < 4.78 is 1.85. The molecule has 4 nitrogen and oxygen atoms in total. The Kier molecular flexibility index (Phi) is 4.71. The number of hydrogen-bond donors (Lipinski definition) is 1. The molecule has 1 aromatic carbocycles. The van der Waals surface area contributed by atoms with Crippen molar-refractivity contribution >= 4 is 0 Å². The summed E-state index contributed by atoms with van der Waals surface area (Å²) in [5.74, 6) is 0. The highest BCUT2D eigenvalue weighted by Crippen LogP contribution is 2.07. The summed E-state index contributed by atoms with van der Waals surface area (Å²) in [5.41, 5.74) is 9.39. The highest BCUT2D eigenvalue weighted by Gasteiger charge is 2.02. The number of aromatic nitrogens is 2. The van der Waals surface area contributed by atoms with Crippen molar-refractivity contribution in [1.29, 1.82) is 0 Å². The van der Waals surface area contributed by atoms with Gasteiger partial charge in [0.15, 0.2) is 0 Å². The Morgan fingerprint density at radius 2 is 1.84 bits per heavy atom. The molecule has 19 heavy (non-hydrogen) atoms. The lowest BCUT2D eigenvalue weighted by Gasteiger charge is -2.16. The molecule has 2 N–H and O–H groups in total. The van der Waals surface area contributed by atoms with E-state index in [1.54, 1.807) is 0 Å². The second kappa shape index (κ2) is 6.50. The third-order valence-electron chi connectivity index (χ3n) is 3.25. The van der Waals surface area contributed by atoms with E-state index in [2.05, 4.69) is 47.5 Å². The first-order chi connectivity index (χ1) is 9.17. The monoisotopic (exact) mass is 258 g/mol. The van der Waals surface area contributed by atoms with E-state index < -0.39 is 0 Å². The average Bonchev–Trinajstić information content (AvgIpc) is 2.83. The molecular formula is C15H22N4. The Balaban J connectivity index is 1.81. The van der Waals surface area contributed by atoms with E-state index in [-0.39, 0.29) is 0 Å². The molecule has 0 saturated heterocycles. The van der Waals surface area contributed by atoms with Crippen molar-refractivity contribution in [2.45, 2.75) is 19.5 Å². The van der Waals surface area contributed by atoms with Crippen LogP contribution < -0.4 is 5.73 Å². The second-order valence-corrected chi connectivity index (χ2v) is 5.03. The van der Waals surface area contributed by atoms with Gasteiger partial charge in [-0.25, -0.2) is 0 Å². The van der Waals surface area contributed by atoms with Crippen LogP contribution in [0.5, 0.6) is 0 Å². The zero-order chi connectivity index (χ0) is 13.7. The topological polar surface area (TPSA) is 47.1 Å². The van der Waals surface area contributed by atoms with Gasteiger partial charge in [0, 0.05) is 32.9 Å². The predicted octanol–water partition coefficient (Wildman–Crippen LogP) is 1.55. The van der Waals surface area contributed by atoms with Crippen LogP contribution >= 0.6 is 0 Å². The molecule has 0 aliphatic rings. The fourth-order valence-corrected chi connectivity index (χ4v) is 2.09. The Bertz CT molecular complexity index is 501. The summed E-state index contributed by atoms with van der Waals surface area (Å²) in [6.07, 6.45) is 5.04. The van der Waals surface area contributed by atoms with Crippen LogP contribution in [0.1, 0.15) is 16.7 Å². The number of hydrogen-bond acceptors (Lipinski definition) is 3. The lowest BCUT2D eigenvalue weighted by molar-refractivity contribution is 0.331. The van der Waals surface area contributed by atoms with Crippen LogP contribution in [0.4, 0.5) is 0 Å². The molecule has 0 saturated carbocycles. The Labute approximate surface area is 114 Å². The van der Waals surface area contributed by atoms with Crippen molar-refractivity contribution in [2.75, 3.05) is 13.6 Å². The van der Waals surface area contributed by atoms with Crippen LogP contribution in [-0.2, 0) is 26.6 Å². The van der Waals surface area contributed by atoms with Crippen LogP contribution in [0.2, 0.25) is 0 Å². The first-order valence-corrected chi connectivity index (χ1v) is 6.61. The van der Waals surface area contributed by atoms with Gasteiger partial charge in [0.05, 0.1) is 6.20 Å². The van der Waals surface area contributed by atoms with E-state index in [0.717, 1.165) is 19.5 Å². The minimum absolute atomic E-state index is 0.608. The van der Waals surface area contributed by atoms with E-state index in [4.69, 9.17) is 5.73 Å². The SMILES string of the molecule is CN(CCc1cnn(C)c1)Cc1ccc(CN)cc1. The maximum absolute atomic E-state index is 5.60. The zero-order valence-corrected chi connectivity index (χ0v) is 11.7. The van der Waals surface area contributed by atoms with Crippen molar-refractivity contribution in [3.05, 3.63) is 53.3 Å². The number of benzene rings is 1. The van der Waals surface area contributed by atoms with Gasteiger partial charge >= 0.3 is 0 Å². The molecule has 0 fully saturated rings. The highest BCUT2D eigenvalue weighted by molar-refractivity contribution is 5.22. The lowest BCUT2D eigenvalue weighted by Crippen LogP contribution is -2.20. The molecule has 0 spiro atoms. The van der Waals surface area contributed by atoms with Crippen LogP contribution in [0.15, 0.2) is 36.7 Å². The summed E-state index contributed by atoms with van der Waals surface area (Å²) in [7, 11) is 4.10. The fourth-order valence-electron chi connectivity index (χ4n) is 2.09. The summed E-state index contributed by atoms with van der Waals surface area (Å²) in [4.78, 5) is 2.32. The predicted molar refractivity (Wildman–Crippen MR) is 77.6 cm³/mol. The molecule has 1 heterocycles. The molecule has 0 bridgehead atoms. The first-order valence-electron chi connectivity index (χ1n) is 6.61. The van der Waals surface area contributed by atoms with Gasteiger partial charge in [0.2, 0.25) is 0 Å². The summed E-state index contributed by atoms with van der Waals surface area (Å²) >= 11 is 0. The van der Waals surface area contributed by atoms with Crippen LogP contribution in [-0.4, -0.2) is 28.3 Å². The normalized spacial score (nSPS) is 11.2. The minimum atomic E-state index is 0.608. The summed E-state index contributed by atoms with van der Waals surface area (Å²) in [6.45, 7) is 2.60. The zero-order valence-electron chi connectivity index (χ0n) is 11.7. The maximum Gasteiger partial charge on any atom is 0.0522 e. The summed E-state index contributed by atoms with van der Waals surface area (Å²) in [5, 5.41) is 4.18. The minimum Gasteiger partial charge on any atom is -0.326 e. The molecule has 0 radical (unpaired) electrons. The van der Waals surface area contributed by atoms with Gasteiger partial charge < -0.3 is 10.6 Å². The molecule has 102 valence electrons.